The SMILES string of the molecule is Cc1nc(C)c(C(=O)N(Cc2ccccc2)c2nc3c(s2)CCCC3)s1. The molecule has 2 heterocycles. The summed E-state index contributed by atoms with van der Waals surface area (Å²) in [5.41, 5.74) is 3.09. The van der Waals surface area contributed by atoms with Gasteiger partial charge in [-0.3, -0.25) is 9.69 Å². The second-order valence-electron chi connectivity index (χ2n) is 6.60. The van der Waals surface area contributed by atoms with Crippen LogP contribution in [0.1, 0.15) is 49.3 Å². The normalized spacial score (nSPS) is 13.5. The molecule has 0 fully saturated rings. The van der Waals surface area contributed by atoms with Crippen LogP contribution >= 0.6 is 22.7 Å². The number of rotatable bonds is 4. The maximum Gasteiger partial charge on any atom is 0.272 e. The minimum atomic E-state index is 0.00282. The van der Waals surface area contributed by atoms with E-state index in [1.807, 2.05) is 36.9 Å². The Hall–Kier alpha value is -2.05. The number of anilines is 1. The molecule has 2 aromatic heterocycles. The number of thiazole rings is 2. The molecule has 1 aliphatic rings. The van der Waals surface area contributed by atoms with E-state index >= 15 is 0 Å². The van der Waals surface area contributed by atoms with Crippen LogP contribution in [0, 0.1) is 13.8 Å². The molecule has 26 heavy (non-hydrogen) atoms. The summed E-state index contributed by atoms with van der Waals surface area (Å²) in [5.74, 6) is 0.00282. The number of carbonyl (C=O) groups is 1. The lowest BCUT2D eigenvalue weighted by Crippen LogP contribution is -2.30. The number of aromatic nitrogens is 2. The maximum absolute atomic E-state index is 13.4. The Bertz CT molecular complexity index is 906. The molecule has 0 bridgehead atoms. The fourth-order valence-electron chi connectivity index (χ4n) is 3.30. The third-order valence-electron chi connectivity index (χ3n) is 4.59. The molecule has 0 saturated carbocycles. The standard InChI is InChI=1S/C20H21N3OS2/c1-13-18(25-14(2)21-13)19(24)23(12-15-8-4-3-5-9-15)20-22-16-10-6-7-11-17(16)26-20/h3-5,8-9H,6-7,10-12H2,1-2H3. The quantitative estimate of drug-likeness (QED) is 0.641. The van der Waals surface area contributed by atoms with E-state index in [4.69, 9.17) is 4.98 Å². The van der Waals surface area contributed by atoms with Crippen molar-refractivity contribution in [3.63, 3.8) is 0 Å². The van der Waals surface area contributed by atoms with Gasteiger partial charge in [-0.1, -0.05) is 30.3 Å². The Morgan fingerprint density at radius 1 is 1.08 bits per heavy atom. The van der Waals surface area contributed by atoms with E-state index in [1.165, 1.54) is 34.7 Å². The number of hydrogen-bond acceptors (Lipinski definition) is 5. The highest BCUT2D eigenvalue weighted by Gasteiger charge is 2.27. The van der Waals surface area contributed by atoms with Gasteiger partial charge in [0.25, 0.3) is 5.91 Å². The largest absolute Gasteiger partial charge is 0.279 e. The van der Waals surface area contributed by atoms with Gasteiger partial charge in [-0.05, 0) is 45.1 Å². The van der Waals surface area contributed by atoms with Crippen LogP contribution in [-0.4, -0.2) is 15.9 Å². The summed E-state index contributed by atoms with van der Waals surface area (Å²) < 4.78 is 0. The van der Waals surface area contributed by atoms with Crippen molar-refractivity contribution in [2.75, 3.05) is 4.90 Å². The van der Waals surface area contributed by atoms with Crippen molar-refractivity contribution in [3.8, 4) is 0 Å². The van der Waals surface area contributed by atoms with E-state index in [2.05, 4.69) is 17.1 Å². The van der Waals surface area contributed by atoms with Gasteiger partial charge in [-0.15, -0.1) is 22.7 Å². The van der Waals surface area contributed by atoms with Crippen molar-refractivity contribution < 1.29 is 4.79 Å². The van der Waals surface area contributed by atoms with Gasteiger partial charge in [0.15, 0.2) is 5.13 Å². The predicted molar refractivity (Wildman–Crippen MR) is 107 cm³/mol. The zero-order valence-electron chi connectivity index (χ0n) is 15.0. The Kier molecular flexibility index (Phi) is 4.87. The highest BCUT2D eigenvalue weighted by molar-refractivity contribution is 7.16. The van der Waals surface area contributed by atoms with Gasteiger partial charge in [-0.25, -0.2) is 9.97 Å². The van der Waals surface area contributed by atoms with E-state index < -0.39 is 0 Å². The second kappa shape index (κ2) is 7.29. The first-order valence-corrected chi connectivity index (χ1v) is 10.5. The molecule has 0 atom stereocenters. The zero-order valence-corrected chi connectivity index (χ0v) is 16.6. The molecular weight excluding hydrogens is 362 g/mol. The number of fused-ring (bicyclic) bond motifs is 1. The van der Waals surface area contributed by atoms with Crippen LogP contribution in [0.25, 0.3) is 0 Å². The van der Waals surface area contributed by atoms with Crippen molar-refractivity contribution >= 4 is 33.7 Å². The summed E-state index contributed by atoms with van der Waals surface area (Å²) in [7, 11) is 0. The van der Waals surface area contributed by atoms with E-state index in [0.29, 0.717) is 11.4 Å². The average molecular weight is 384 g/mol. The van der Waals surface area contributed by atoms with Gasteiger partial charge in [0.2, 0.25) is 0 Å². The molecule has 1 amide bonds. The molecule has 0 N–H and O–H groups in total. The van der Waals surface area contributed by atoms with Crippen LogP contribution in [0.5, 0.6) is 0 Å². The summed E-state index contributed by atoms with van der Waals surface area (Å²) in [6.45, 7) is 4.38. The van der Waals surface area contributed by atoms with Gasteiger partial charge in [0.1, 0.15) is 4.88 Å². The van der Waals surface area contributed by atoms with Crippen LogP contribution in [0.3, 0.4) is 0 Å². The Labute approximate surface area is 161 Å². The lowest BCUT2D eigenvalue weighted by Gasteiger charge is -2.19. The van der Waals surface area contributed by atoms with Crippen LogP contribution in [-0.2, 0) is 19.4 Å². The zero-order chi connectivity index (χ0) is 18.1. The Morgan fingerprint density at radius 2 is 1.85 bits per heavy atom. The van der Waals surface area contributed by atoms with Crippen LogP contribution in [0.15, 0.2) is 30.3 Å². The first-order valence-electron chi connectivity index (χ1n) is 8.90. The fourth-order valence-corrected chi connectivity index (χ4v) is 5.31. The molecule has 0 unspecified atom stereocenters. The van der Waals surface area contributed by atoms with Crippen LogP contribution in [0.4, 0.5) is 5.13 Å². The topological polar surface area (TPSA) is 46.1 Å². The third kappa shape index (κ3) is 3.44. The molecule has 0 spiro atoms. The first-order chi connectivity index (χ1) is 12.6. The highest BCUT2D eigenvalue weighted by Crippen LogP contribution is 2.34. The molecule has 0 radical (unpaired) electrons. The third-order valence-corrected chi connectivity index (χ3v) is 6.83. The monoisotopic (exact) mass is 383 g/mol. The predicted octanol–water partition coefficient (Wildman–Crippen LogP) is 4.94. The number of hydrogen-bond donors (Lipinski definition) is 0. The lowest BCUT2D eigenvalue weighted by atomic mass is 10.0. The number of amides is 1. The van der Waals surface area contributed by atoms with Crippen molar-refractivity contribution in [1.29, 1.82) is 0 Å². The van der Waals surface area contributed by atoms with Crippen LogP contribution < -0.4 is 4.90 Å². The summed E-state index contributed by atoms with van der Waals surface area (Å²) >= 11 is 3.14. The molecule has 6 heteroatoms. The number of carbonyl (C=O) groups excluding carboxylic acids is 1. The molecule has 4 nitrogen and oxygen atoms in total. The smallest absolute Gasteiger partial charge is 0.272 e. The summed E-state index contributed by atoms with van der Waals surface area (Å²) in [4.78, 5) is 26.5. The van der Waals surface area contributed by atoms with Crippen molar-refractivity contribution in [1.82, 2.24) is 9.97 Å². The molecule has 0 saturated heterocycles. The number of aryl methyl sites for hydroxylation is 4. The molecule has 4 rings (SSSR count). The van der Waals surface area contributed by atoms with E-state index in [0.717, 1.165) is 34.2 Å². The van der Waals surface area contributed by atoms with Crippen molar-refractivity contribution in [3.05, 3.63) is 62.0 Å². The molecule has 0 aliphatic heterocycles. The first kappa shape index (κ1) is 17.4. The highest BCUT2D eigenvalue weighted by atomic mass is 32.1. The van der Waals surface area contributed by atoms with Crippen LogP contribution in [0.2, 0.25) is 0 Å². The molecule has 1 aromatic carbocycles. The minimum absolute atomic E-state index is 0.00282. The fraction of sp³-hybridized carbons (Fsp3) is 0.350. The lowest BCUT2D eigenvalue weighted by molar-refractivity contribution is 0.0988. The van der Waals surface area contributed by atoms with E-state index in [9.17, 15) is 4.79 Å². The minimum Gasteiger partial charge on any atom is -0.279 e. The molecule has 134 valence electrons. The average Bonchev–Trinajstić information content (AvgIpc) is 3.22. The Morgan fingerprint density at radius 3 is 2.54 bits per heavy atom. The van der Waals surface area contributed by atoms with Gasteiger partial charge >= 0.3 is 0 Å². The molecular formula is C20H21N3OS2. The van der Waals surface area contributed by atoms with Gasteiger partial charge in [0.05, 0.1) is 22.9 Å². The van der Waals surface area contributed by atoms with Gasteiger partial charge in [-0.2, -0.15) is 0 Å². The maximum atomic E-state index is 13.4. The summed E-state index contributed by atoms with van der Waals surface area (Å²) in [6, 6.07) is 10.1. The van der Waals surface area contributed by atoms with Gasteiger partial charge < -0.3 is 0 Å². The number of benzene rings is 1. The van der Waals surface area contributed by atoms with E-state index in [1.54, 1.807) is 11.3 Å². The molecule has 3 aromatic rings. The Balaban J connectivity index is 1.72. The van der Waals surface area contributed by atoms with E-state index in [-0.39, 0.29) is 5.91 Å². The molecule has 1 aliphatic carbocycles. The summed E-state index contributed by atoms with van der Waals surface area (Å²) in [6.07, 6.45) is 4.52. The number of nitrogens with zero attached hydrogens (tertiary/aromatic N) is 3. The van der Waals surface area contributed by atoms with Crippen molar-refractivity contribution in [2.45, 2.75) is 46.1 Å². The van der Waals surface area contributed by atoms with Crippen molar-refractivity contribution in [2.24, 2.45) is 0 Å². The summed E-state index contributed by atoms with van der Waals surface area (Å²) in [5, 5.41) is 1.74. The van der Waals surface area contributed by atoms with Gasteiger partial charge in [0, 0.05) is 4.88 Å². The second-order valence-corrected chi connectivity index (χ2v) is 8.86.